The van der Waals surface area contributed by atoms with Gasteiger partial charge in [-0.1, -0.05) is 0 Å². The van der Waals surface area contributed by atoms with Gasteiger partial charge < -0.3 is 9.47 Å². The maximum Gasteiger partial charge on any atom is 0.327 e. The first kappa shape index (κ1) is 13.3. The van der Waals surface area contributed by atoms with Crippen molar-refractivity contribution in [1.82, 2.24) is 4.42 Å². The lowest BCUT2D eigenvalue weighted by Gasteiger charge is -2.07. The molecule has 1 fully saturated rings. The molecular formula is C10H16ClNO4. The molecule has 0 unspecified atom stereocenters. The maximum atomic E-state index is 11.5. The quantitative estimate of drug-likeness (QED) is 0.424. The van der Waals surface area contributed by atoms with E-state index in [1.165, 1.54) is 0 Å². The molecule has 1 rings (SSSR count). The number of rotatable bonds is 4. The zero-order chi connectivity index (χ0) is 12.5. The zero-order valence-electron chi connectivity index (χ0n) is 9.77. The number of esters is 2. The molecule has 0 aliphatic carbocycles. The lowest BCUT2D eigenvalue weighted by atomic mass is 10.3. The van der Waals surface area contributed by atoms with E-state index >= 15 is 0 Å². The maximum absolute atomic E-state index is 11.5. The summed E-state index contributed by atoms with van der Waals surface area (Å²) in [4.78, 5) is 22.9. The number of carbonyl (C=O) groups excluding carboxylic acids is 2. The Hall–Kier alpha value is -0.810. The third-order valence-electron chi connectivity index (χ3n) is 1.93. The van der Waals surface area contributed by atoms with Gasteiger partial charge in [0.2, 0.25) is 0 Å². The molecule has 0 bridgehead atoms. The molecule has 1 heterocycles. The minimum atomic E-state index is -0.713. The Morgan fingerprint density at radius 1 is 1.00 bits per heavy atom. The summed E-state index contributed by atoms with van der Waals surface area (Å²) in [5, 5.41) is 0. The Morgan fingerprint density at radius 3 is 1.56 bits per heavy atom. The smallest absolute Gasteiger partial charge is 0.327 e. The van der Waals surface area contributed by atoms with Gasteiger partial charge in [0, 0.05) is 0 Å². The molecule has 1 aliphatic rings. The number of halogens is 1. The molecule has 0 N–H and O–H groups in total. The molecule has 0 radical (unpaired) electrons. The Labute approximate surface area is 99.7 Å². The van der Waals surface area contributed by atoms with E-state index in [9.17, 15) is 9.59 Å². The second-order valence-corrected chi connectivity index (χ2v) is 4.60. The molecule has 2 atom stereocenters. The largest absolute Gasteiger partial charge is 0.462 e. The minimum Gasteiger partial charge on any atom is -0.462 e. The molecule has 0 saturated carbocycles. The van der Waals surface area contributed by atoms with Crippen molar-refractivity contribution < 1.29 is 19.1 Å². The molecular weight excluding hydrogens is 234 g/mol. The van der Waals surface area contributed by atoms with Crippen molar-refractivity contribution in [2.75, 3.05) is 0 Å². The van der Waals surface area contributed by atoms with Crippen LogP contribution in [0.5, 0.6) is 0 Å². The van der Waals surface area contributed by atoms with Gasteiger partial charge in [0.25, 0.3) is 0 Å². The second kappa shape index (κ2) is 5.01. The Morgan fingerprint density at radius 2 is 1.31 bits per heavy atom. The van der Waals surface area contributed by atoms with E-state index < -0.39 is 24.0 Å². The van der Waals surface area contributed by atoms with Crippen LogP contribution < -0.4 is 0 Å². The van der Waals surface area contributed by atoms with Crippen LogP contribution in [0, 0.1) is 0 Å². The van der Waals surface area contributed by atoms with E-state index in [1.807, 2.05) is 0 Å². The first-order valence-electron chi connectivity index (χ1n) is 5.19. The Bertz CT molecular complexity index is 265. The molecule has 0 aromatic rings. The van der Waals surface area contributed by atoms with Gasteiger partial charge in [0.15, 0.2) is 12.1 Å². The third-order valence-corrected chi connectivity index (χ3v) is 2.35. The van der Waals surface area contributed by atoms with Gasteiger partial charge in [-0.25, -0.2) is 0 Å². The van der Waals surface area contributed by atoms with Gasteiger partial charge in [-0.15, -0.1) is 0 Å². The van der Waals surface area contributed by atoms with Crippen molar-refractivity contribution in [2.45, 2.75) is 52.0 Å². The van der Waals surface area contributed by atoms with Crippen molar-refractivity contribution >= 4 is 23.7 Å². The van der Waals surface area contributed by atoms with Crippen molar-refractivity contribution in [1.29, 1.82) is 0 Å². The van der Waals surface area contributed by atoms with Crippen molar-refractivity contribution in [2.24, 2.45) is 0 Å². The van der Waals surface area contributed by atoms with Crippen LogP contribution in [0.15, 0.2) is 0 Å². The number of hydrogen-bond donors (Lipinski definition) is 0. The van der Waals surface area contributed by atoms with Crippen LogP contribution in [0.25, 0.3) is 0 Å². The molecule has 16 heavy (non-hydrogen) atoms. The van der Waals surface area contributed by atoms with Crippen LogP contribution in [-0.2, 0) is 19.1 Å². The van der Waals surface area contributed by atoms with Gasteiger partial charge in [0.05, 0.1) is 12.2 Å². The molecule has 1 aliphatic heterocycles. The highest BCUT2D eigenvalue weighted by Gasteiger charge is 2.59. The second-order valence-electron chi connectivity index (χ2n) is 4.21. The molecule has 6 heteroatoms. The van der Waals surface area contributed by atoms with Crippen LogP contribution in [0.2, 0.25) is 0 Å². The number of ether oxygens (including phenoxy) is 2. The Kier molecular flexibility index (Phi) is 4.15. The van der Waals surface area contributed by atoms with E-state index in [2.05, 4.69) is 0 Å². The summed E-state index contributed by atoms with van der Waals surface area (Å²) in [6.07, 6.45) is -0.445. The molecule has 1 saturated heterocycles. The minimum absolute atomic E-state index is 0.222. The summed E-state index contributed by atoms with van der Waals surface area (Å²) in [6, 6.07) is -1.43. The average Bonchev–Trinajstić information content (AvgIpc) is 2.74. The summed E-state index contributed by atoms with van der Waals surface area (Å²) in [7, 11) is 0. The fourth-order valence-corrected chi connectivity index (χ4v) is 1.59. The predicted molar refractivity (Wildman–Crippen MR) is 57.7 cm³/mol. The lowest BCUT2D eigenvalue weighted by molar-refractivity contribution is -0.151. The first-order chi connectivity index (χ1) is 7.34. The van der Waals surface area contributed by atoms with E-state index in [4.69, 9.17) is 21.3 Å². The fraction of sp³-hybridized carbons (Fsp3) is 0.800. The summed E-state index contributed by atoms with van der Waals surface area (Å²) >= 11 is 5.71. The summed E-state index contributed by atoms with van der Waals surface area (Å²) in [6.45, 7) is 6.95. The SMILES string of the molecule is CC(C)OC(=O)[C@@H]1[C@@H](C(=O)OC(C)C)N1Cl. The zero-order valence-corrected chi connectivity index (χ0v) is 10.5. The van der Waals surface area contributed by atoms with Crippen LogP contribution in [0.3, 0.4) is 0 Å². The fourth-order valence-electron chi connectivity index (χ4n) is 1.27. The van der Waals surface area contributed by atoms with Crippen LogP contribution in [0.4, 0.5) is 0 Å². The number of nitrogens with zero attached hydrogens (tertiary/aromatic N) is 1. The highest BCUT2D eigenvalue weighted by molar-refractivity contribution is 6.20. The monoisotopic (exact) mass is 249 g/mol. The predicted octanol–water partition coefficient (Wildman–Crippen LogP) is 1.10. The van der Waals surface area contributed by atoms with Gasteiger partial charge >= 0.3 is 11.9 Å². The van der Waals surface area contributed by atoms with Gasteiger partial charge in [-0.05, 0) is 39.5 Å². The number of hydrogen-bond acceptors (Lipinski definition) is 5. The molecule has 0 amide bonds. The topological polar surface area (TPSA) is 55.6 Å². The average molecular weight is 250 g/mol. The summed E-state index contributed by atoms with van der Waals surface area (Å²) < 4.78 is 11.0. The molecule has 0 aromatic carbocycles. The van der Waals surface area contributed by atoms with E-state index in [0.717, 1.165) is 4.42 Å². The molecule has 5 nitrogen and oxygen atoms in total. The van der Waals surface area contributed by atoms with E-state index in [1.54, 1.807) is 27.7 Å². The lowest BCUT2D eigenvalue weighted by Crippen LogP contribution is -2.24. The molecule has 92 valence electrons. The van der Waals surface area contributed by atoms with Crippen molar-refractivity contribution in [3.8, 4) is 0 Å². The summed E-state index contributed by atoms with van der Waals surface area (Å²) in [5.41, 5.74) is 0. The number of carbonyl (C=O) groups is 2. The standard InChI is InChI=1S/C10H16ClNO4/c1-5(2)15-9(13)7-8(12(7)11)10(14)16-6(3)4/h5-8H,1-4H3/t7-,8-/m0/s1. The molecule has 0 aromatic heterocycles. The normalized spacial score (nSPS) is 28.1. The van der Waals surface area contributed by atoms with Crippen molar-refractivity contribution in [3.05, 3.63) is 0 Å². The van der Waals surface area contributed by atoms with Gasteiger partial charge in [-0.3, -0.25) is 9.59 Å². The summed E-state index contributed by atoms with van der Waals surface area (Å²) in [5.74, 6) is -0.980. The van der Waals surface area contributed by atoms with Gasteiger partial charge in [-0.2, -0.15) is 4.42 Å². The van der Waals surface area contributed by atoms with Crippen LogP contribution in [0.1, 0.15) is 27.7 Å². The van der Waals surface area contributed by atoms with E-state index in [0.29, 0.717) is 0 Å². The van der Waals surface area contributed by atoms with Crippen LogP contribution >= 0.6 is 11.8 Å². The molecule has 0 spiro atoms. The van der Waals surface area contributed by atoms with Crippen LogP contribution in [-0.4, -0.2) is 40.6 Å². The highest BCUT2D eigenvalue weighted by Crippen LogP contribution is 2.33. The Balaban J connectivity index is 2.48. The van der Waals surface area contributed by atoms with Crippen molar-refractivity contribution in [3.63, 3.8) is 0 Å². The highest BCUT2D eigenvalue weighted by atomic mass is 35.5. The third kappa shape index (κ3) is 3.09. The first-order valence-corrected chi connectivity index (χ1v) is 5.53. The van der Waals surface area contributed by atoms with Gasteiger partial charge in [0.1, 0.15) is 0 Å². The van der Waals surface area contributed by atoms with E-state index in [-0.39, 0.29) is 12.2 Å².